The number of hydrogen-bond acceptors (Lipinski definition) is 8. The van der Waals surface area contributed by atoms with Crippen LogP contribution in [0.4, 0.5) is 11.8 Å². The lowest BCUT2D eigenvalue weighted by Crippen LogP contribution is -2.24. The number of imidazole rings is 1. The van der Waals surface area contributed by atoms with Gasteiger partial charge in [-0.05, 0) is 43.2 Å². The van der Waals surface area contributed by atoms with Crippen molar-refractivity contribution < 1.29 is 5.11 Å². The molecular formula is C26H26N8O2. The van der Waals surface area contributed by atoms with Gasteiger partial charge in [-0.25, -0.2) is 19.7 Å². The van der Waals surface area contributed by atoms with E-state index in [4.69, 9.17) is 4.98 Å². The number of fused-ring (bicyclic) bond motifs is 3. The minimum atomic E-state index is -0.333. The Morgan fingerprint density at radius 1 is 1.06 bits per heavy atom. The van der Waals surface area contributed by atoms with Gasteiger partial charge < -0.3 is 15.3 Å². The van der Waals surface area contributed by atoms with Crippen LogP contribution in [0.2, 0.25) is 0 Å². The minimum Gasteiger partial charge on any atom is -0.391 e. The van der Waals surface area contributed by atoms with Crippen molar-refractivity contribution in [2.45, 2.75) is 19.4 Å². The predicted octanol–water partition coefficient (Wildman–Crippen LogP) is 2.65. The number of aliphatic hydroxyl groups is 1. The molecule has 0 bridgehead atoms. The lowest BCUT2D eigenvalue weighted by atomic mass is 10.1. The van der Waals surface area contributed by atoms with E-state index in [1.807, 2.05) is 37.3 Å². The molecule has 5 heterocycles. The standard InChI is InChI=1S/C26H26N8O2/c1-15-21(6-7-23(31-15)33-9-8-18(35)14-33)34-24-19-10-16(17-11-29-25(27-2)30-12-17)4-5-20(19)28-13-22(24)32(3)26(34)36/h4-7,10-13,18,35H,8-9,14H2,1-3H3,(H,27,29,30)/t18-/m1/s1. The molecule has 1 saturated heterocycles. The fourth-order valence-electron chi connectivity index (χ4n) is 4.91. The Balaban J connectivity index is 1.55. The zero-order chi connectivity index (χ0) is 25.0. The van der Waals surface area contributed by atoms with Crippen molar-refractivity contribution in [3.8, 4) is 16.8 Å². The van der Waals surface area contributed by atoms with Crippen LogP contribution in [0.15, 0.2) is 53.7 Å². The molecule has 36 heavy (non-hydrogen) atoms. The highest BCUT2D eigenvalue weighted by molar-refractivity contribution is 6.04. The third-order valence-corrected chi connectivity index (χ3v) is 6.86. The molecular weight excluding hydrogens is 456 g/mol. The van der Waals surface area contributed by atoms with E-state index < -0.39 is 0 Å². The van der Waals surface area contributed by atoms with Gasteiger partial charge in [-0.3, -0.25) is 14.1 Å². The van der Waals surface area contributed by atoms with Crippen LogP contribution in [-0.2, 0) is 7.05 Å². The van der Waals surface area contributed by atoms with E-state index in [2.05, 4.69) is 25.2 Å². The molecule has 0 aliphatic carbocycles. The molecule has 1 aliphatic heterocycles. The van der Waals surface area contributed by atoms with Crippen molar-refractivity contribution in [3.05, 3.63) is 65.1 Å². The summed E-state index contributed by atoms with van der Waals surface area (Å²) in [6.07, 6.45) is 5.68. The fourth-order valence-corrected chi connectivity index (χ4v) is 4.91. The monoisotopic (exact) mass is 482 g/mol. The van der Waals surface area contributed by atoms with Crippen molar-refractivity contribution >= 4 is 33.7 Å². The van der Waals surface area contributed by atoms with Crippen molar-refractivity contribution in [1.29, 1.82) is 0 Å². The maximum Gasteiger partial charge on any atom is 0.333 e. The van der Waals surface area contributed by atoms with Crippen LogP contribution in [0.3, 0.4) is 0 Å². The molecule has 10 nitrogen and oxygen atoms in total. The van der Waals surface area contributed by atoms with Crippen LogP contribution in [0.5, 0.6) is 0 Å². The largest absolute Gasteiger partial charge is 0.391 e. The quantitative estimate of drug-likeness (QED) is 0.402. The lowest BCUT2D eigenvalue weighted by molar-refractivity contribution is 0.198. The Kier molecular flexibility index (Phi) is 5.18. The van der Waals surface area contributed by atoms with Crippen molar-refractivity contribution in [2.75, 3.05) is 30.4 Å². The fraction of sp³-hybridized carbons (Fsp3) is 0.269. The number of β-amino-alcohol motifs (C(OH)–C–C–N with tert-alkyl or cyclic N) is 1. The van der Waals surface area contributed by atoms with Crippen LogP contribution in [0.25, 0.3) is 38.8 Å². The average Bonchev–Trinajstić information content (AvgIpc) is 3.45. The molecule has 2 N–H and O–H groups in total. The molecule has 0 amide bonds. The first-order chi connectivity index (χ1) is 17.4. The summed E-state index contributed by atoms with van der Waals surface area (Å²) in [5.41, 5.74) is 5.38. The molecule has 6 rings (SSSR count). The van der Waals surface area contributed by atoms with Crippen LogP contribution in [-0.4, -0.2) is 60.4 Å². The summed E-state index contributed by atoms with van der Waals surface area (Å²) < 4.78 is 3.33. The van der Waals surface area contributed by atoms with Crippen LogP contribution in [0, 0.1) is 6.92 Å². The minimum absolute atomic E-state index is 0.166. The van der Waals surface area contributed by atoms with E-state index in [1.165, 1.54) is 0 Å². The molecule has 1 fully saturated rings. The second kappa shape index (κ2) is 8.42. The molecule has 0 radical (unpaired) electrons. The second-order valence-electron chi connectivity index (χ2n) is 9.11. The van der Waals surface area contributed by atoms with Gasteiger partial charge >= 0.3 is 5.69 Å². The number of rotatable bonds is 4. The molecule has 1 atom stereocenters. The smallest absolute Gasteiger partial charge is 0.333 e. The van der Waals surface area contributed by atoms with Crippen LogP contribution < -0.4 is 15.9 Å². The van der Waals surface area contributed by atoms with Gasteiger partial charge in [0.05, 0.1) is 40.2 Å². The third-order valence-electron chi connectivity index (χ3n) is 6.86. The van der Waals surface area contributed by atoms with Gasteiger partial charge in [-0.2, -0.15) is 0 Å². The van der Waals surface area contributed by atoms with Crippen molar-refractivity contribution in [3.63, 3.8) is 0 Å². The normalized spacial score (nSPS) is 15.8. The number of anilines is 2. The number of nitrogens with zero attached hydrogens (tertiary/aromatic N) is 7. The van der Waals surface area contributed by atoms with E-state index in [9.17, 15) is 9.90 Å². The van der Waals surface area contributed by atoms with E-state index in [-0.39, 0.29) is 11.8 Å². The molecule has 5 aromatic rings. The Morgan fingerprint density at radius 2 is 1.86 bits per heavy atom. The Labute approximate surface area is 206 Å². The summed E-state index contributed by atoms with van der Waals surface area (Å²) in [5.74, 6) is 1.36. The van der Waals surface area contributed by atoms with Gasteiger partial charge in [0.15, 0.2) is 0 Å². The topological polar surface area (TPSA) is 114 Å². The number of benzene rings is 1. The highest BCUT2D eigenvalue weighted by atomic mass is 16.3. The number of aryl methyl sites for hydroxylation is 2. The van der Waals surface area contributed by atoms with Crippen LogP contribution >= 0.6 is 0 Å². The molecule has 10 heteroatoms. The second-order valence-corrected chi connectivity index (χ2v) is 9.11. The maximum atomic E-state index is 13.5. The van der Waals surface area contributed by atoms with Gasteiger partial charge in [0.1, 0.15) is 5.82 Å². The summed E-state index contributed by atoms with van der Waals surface area (Å²) in [4.78, 5) is 33.6. The number of nitrogens with one attached hydrogen (secondary N) is 1. The van der Waals surface area contributed by atoms with Crippen molar-refractivity contribution in [1.82, 2.24) is 29.1 Å². The SMILES string of the molecule is CNc1ncc(-c2ccc3ncc4c(c3c2)n(-c2ccc(N3CC[C@@H](O)C3)nc2C)c(=O)n4C)cn1. The van der Waals surface area contributed by atoms with Gasteiger partial charge in [-0.15, -0.1) is 0 Å². The summed E-state index contributed by atoms with van der Waals surface area (Å²) >= 11 is 0. The maximum absolute atomic E-state index is 13.5. The number of hydrogen-bond donors (Lipinski definition) is 2. The Bertz CT molecular complexity index is 1670. The van der Waals surface area contributed by atoms with Gasteiger partial charge in [0.2, 0.25) is 5.95 Å². The molecule has 1 aliphatic rings. The van der Waals surface area contributed by atoms with Gasteiger partial charge in [-0.1, -0.05) is 6.07 Å². The first kappa shape index (κ1) is 22.2. The molecule has 182 valence electrons. The molecule has 1 aromatic carbocycles. The van der Waals surface area contributed by atoms with E-state index in [1.54, 1.807) is 41.8 Å². The molecule has 0 saturated carbocycles. The summed E-state index contributed by atoms with van der Waals surface area (Å²) in [7, 11) is 3.53. The average molecular weight is 483 g/mol. The van der Waals surface area contributed by atoms with E-state index in [0.29, 0.717) is 18.2 Å². The predicted molar refractivity (Wildman–Crippen MR) is 140 cm³/mol. The molecule has 4 aromatic heterocycles. The van der Waals surface area contributed by atoms with Crippen LogP contribution in [0.1, 0.15) is 12.1 Å². The highest BCUT2D eigenvalue weighted by Crippen LogP contribution is 2.30. The summed E-state index contributed by atoms with van der Waals surface area (Å²) in [6, 6.07) is 9.81. The molecule has 0 unspecified atom stereocenters. The van der Waals surface area contributed by atoms with Gasteiger partial charge in [0, 0.05) is 50.5 Å². The summed E-state index contributed by atoms with van der Waals surface area (Å²) in [5, 5.41) is 13.7. The Hall–Kier alpha value is -4.31. The first-order valence-corrected chi connectivity index (χ1v) is 11.9. The molecule has 0 spiro atoms. The summed E-state index contributed by atoms with van der Waals surface area (Å²) in [6.45, 7) is 3.24. The zero-order valence-electron chi connectivity index (χ0n) is 20.3. The number of aliphatic hydroxyl groups excluding tert-OH is 1. The van der Waals surface area contributed by atoms with Crippen molar-refractivity contribution in [2.24, 2.45) is 7.05 Å². The lowest BCUT2D eigenvalue weighted by Gasteiger charge is -2.18. The van der Waals surface area contributed by atoms with E-state index >= 15 is 0 Å². The van der Waals surface area contributed by atoms with Gasteiger partial charge in [0.25, 0.3) is 0 Å². The first-order valence-electron chi connectivity index (χ1n) is 11.9. The number of pyridine rings is 2. The number of aromatic nitrogens is 6. The zero-order valence-corrected chi connectivity index (χ0v) is 20.3. The Morgan fingerprint density at radius 3 is 2.56 bits per heavy atom. The van der Waals surface area contributed by atoms with E-state index in [0.717, 1.165) is 57.5 Å². The third kappa shape index (κ3) is 3.49. The highest BCUT2D eigenvalue weighted by Gasteiger charge is 2.23.